The average Bonchev–Trinajstić information content (AvgIpc) is 3.85. The highest BCUT2D eigenvalue weighted by Gasteiger charge is 2.40. The van der Waals surface area contributed by atoms with Gasteiger partial charge in [-0.2, -0.15) is 0 Å². The summed E-state index contributed by atoms with van der Waals surface area (Å²) in [5.41, 5.74) is 15.3. The van der Waals surface area contributed by atoms with Crippen molar-refractivity contribution in [3.8, 4) is 62.1 Å². The van der Waals surface area contributed by atoms with Gasteiger partial charge in [-0.25, -0.2) is 0 Å². The molecule has 2 aliphatic rings. The highest BCUT2D eigenvalue weighted by molar-refractivity contribution is 7.26. The number of hydrogen-bond donors (Lipinski definition) is 0. The van der Waals surface area contributed by atoms with Crippen molar-refractivity contribution >= 4 is 76.4 Å². The lowest BCUT2D eigenvalue weighted by Gasteiger charge is -2.33. The predicted octanol–water partition coefficient (Wildman–Crippen LogP) is 13.2. The van der Waals surface area contributed by atoms with Gasteiger partial charge in [0.15, 0.2) is 0 Å². The highest BCUT2D eigenvalue weighted by atomic mass is 32.1. The molecular weight excluding hydrogens is 749 g/mol. The van der Waals surface area contributed by atoms with Crippen LogP contribution in [-0.2, 0) is 0 Å². The summed E-state index contributed by atoms with van der Waals surface area (Å²) in [4.78, 5) is 0. The van der Waals surface area contributed by atoms with E-state index in [2.05, 4.69) is 193 Å². The second kappa shape index (κ2) is 12.8. The van der Waals surface area contributed by atoms with Gasteiger partial charge in [-0.3, -0.25) is 0 Å². The van der Waals surface area contributed by atoms with Crippen LogP contribution < -0.4 is 25.9 Å². The lowest BCUT2D eigenvalue weighted by atomic mass is 9.35. The van der Waals surface area contributed by atoms with Gasteiger partial charge in [0.05, 0.1) is 11.0 Å². The monoisotopic (exact) mass is 783 g/mol. The number of para-hydroxylation sites is 3. The Labute approximate surface area is 351 Å². The zero-order valence-corrected chi connectivity index (χ0v) is 33.5. The Bertz CT molecular complexity index is 3570. The molecule has 0 aliphatic carbocycles. The van der Waals surface area contributed by atoms with E-state index in [1.807, 2.05) is 17.4 Å². The summed E-state index contributed by atoms with van der Waals surface area (Å²) in [6.45, 7) is 2.18. The summed E-state index contributed by atoms with van der Waals surface area (Å²) in [5, 5.41) is 5.10. The van der Waals surface area contributed by atoms with Gasteiger partial charge >= 0.3 is 0 Å². The maximum absolute atomic E-state index is 6.67. The second-order valence-electron chi connectivity index (χ2n) is 16.1. The molecule has 11 aromatic rings. The van der Waals surface area contributed by atoms with E-state index in [9.17, 15) is 0 Å². The number of aryl methyl sites for hydroxylation is 1. The molecule has 0 fully saturated rings. The molecule has 2 aromatic heterocycles. The van der Waals surface area contributed by atoms with E-state index >= 15 is 0 Å². The molecule has 2 aliphatic heterocycles. The van der Waals surface area contributed by atoms with Crippen molar-refractivity contribution in [3.05, 3.63) is 194 Å². The van der Waals surface area contributed by atoms with Crippen LogP contribution in [0.5, 0.6) is 23.0 Å². The molecule has 0 bridgehead atoms. The quantitative estimate of drug-likeness (QED) is 0.166. The summed E-state index contributed by atoms with van der Waals surface area (Å²) in [6.07, 6.45) is 0. The zero-order chi connectivity index (χ0) is 39.5. The van der Waals surface area contributed by atoms with Gasteiger partial charge in [0.25, 0.3) is 6.71 Å². The van der Waals surface area contributed by atoms with E-state index in [-0.39, 0.29) is 6.71 Å². The molecule has 60 heavy (non-hydrogen) atoms. The fourth-order valence-electron chi connectivity index (χ4n) is 9.83. The summed E-state index contributed by atoms with van der Waals surface area (Å²) in [7, 11) is 0. The number of nitrogens with zero attached hydrogens (tertiary/aromatic N) is 1. The molecule has 0 unspecified atom stereocenters. The third-order valence-corrected chi connectivity index (χ3v) is 13.9. The fraction of sp³-hybridized carbons (Fsp3) is 0.0182. The van der Waals surface area contributed by atoms with Crippen molar-refractivity contribution < 1.29 is 9.47 Å². The first kappa shape index (κ1) is 33.6. The van der Waals surface area contributed by atoms with Crippen LogP contribution in [0.25, 0.3) is 81.0 Å². The van der Waals surface area contributed by atoms with Crippen molar-refractivity contribution in [1.29, 1.82) is 0 Å². The molecule has 9 aromatic carbocycles. The van der Waals surface area contributed by atoms with Crippen LogP contribution in [-0.4, -0.2) is 11.3 Å². The largest absolute Gasteiger partial charge is 0.458 e. The Kier molecular flexibility index (Phi) is 7.19. The summed E-state index contributed by atoms with van der Waals surface area (Å²) >= 11 is 1.89. The number of ether oxygens (including phenoxy) is 2. The summed E-state index contributed by atoms with van der Waals surface area (Å²) < 4.78 is 18.3. The summed E-state index contributed by atoms with van der Waals surface area (Å²) in [6, 6.07) is 68.2. The van der Waals surface area contributed by atoms with Crippen LogP contribution in [0.15, 0.2) is 188 Å². The van der Waals surface area contributed by atoms with Crippen LogP contribution in [0.1, 0.15) is 5.56 Å². The van der Waals surface area contributed by atoms with E-state index in [0.29, 0.717) is 0 Å². The maximum Gasteiger partial charge on any atom is 0.260 e. The first-order chi connectivity index (χ1) is 29.6. The number of fused-ring (bicyclic) bond motifs is 10. The Morgan fingerprint density at radius 3 is 1.83 bits per heavy atom. The molecule has 5 heteroatoms. The molecule has 0 N–H and O–H groups in total. The van der Waals surface area contributed by atoms with E-state index < -0.39 is 0 Å². The lowest BCUT2D eigenvalue weighted by Crippen LogP contribution is -2.57. The normalized spacial score (nSPS) is 12.7. The van der Waals surface area contributed by atoms with Gasteiger partial charge in [-0.1, -0.05) is 133 Å². The molecule has 0 amide bonds. The van der Waals surface area contributed by atoms with Crippen molar-refractivity contribution in [2.75, 3.05) is 0 Å². The van der Waals surface area contributed by atoms with Crippen LogP contribution in [0.4, 0.5) is 0 Å². The first-order valence-corrected chi connectivity index (χ1v) is 21.3. The minimum atomic E-state index is 0.0625. The fourth-order valence-corrected chi connectivity index (χ4v) is 11.2. The molecule has 4 heterocycles. The molecule has 0 radical (unpaired) electrons. The van der Waals surface area contributed by atoms with E-state index in [1.165, 1.54) is 86.4 Å². The van der Waals surface area contributed by atoms with E-state index in [1.54, 1.807) is 0 Å². The topological polar surface area (TPSA) is 23.4 Å². The second-order valence-corrected chi connectivity index (χ2v) is 17.1. The molecule has 13 rings (SSSR count). The lowest BCUT2D eigenvalue weighted by molar-refractivity contribution is 0.464. The molecule has 0 spiro atoms. The van der Waals surface area contributed by atoms with Crippen molar-refractivity contribution in [1.82, 2.24) is 4.57 Å². The third kappa shape index (κ3) is 4.96. The highest BCUT2D eigenvalue weighted by Crippen LogP contribution is 2.46. The van der Waals surface area contributed by atoms with Crippen LogP contribution >= 0.6 is 11.3 Å². The molecule has 0 saturated carbocycles. The Morgan fingerprint density at radius 2 is 1.03 bits per heavy atom. The van der Waals surface area contributed by atoms with Crippen molar-refractivity contribution in [2.24, 2.45) is 0 Å². The molecule has 0 saturated heterocycles. The number of thiophene rings is 1. The molecule has 280 valence electrons. The Balaban J connectivity index is 0.894. The maximum atomic E-state index is 6.67. The minimum absolute atomic E-state index is 0.0625. The smallest absolute Gasteiger partial charge is 0.260 e. The number of hydrogen-bond acceptors (Lipinski definition) is 3. The van der Waals surface area contributed by atoms with Gasteiger partial charge in [0.1, 0.15) is 23.0 Å². The Hall–Kier alpha value is -7.34. The molecule has 0 atom stereocenters. The Morgan fingerprint density at radius 1 is 0.417 bits per heavy atom. The van der Waals surface area contributed by atoms with Gasteiger partial charge in [-0.15, -0.1) is 11.3 Å². The predicted molar refractivity (Wildman–Crippen MR) is 252 cm³/mol. The third-order valence-electron chi connectivity index (χ3n) is 12.6. The molecule has 3 nitrogen and oxygen atoms in total. The first-order valence-electron chi connectivity index (χ1n) is 20.5. The van der Waals surface area contributed by atoms with E-state index in [0.717, 1.165) is 39.6 Å². The van der Waals surface area contributed by atoms with Gasteiger partial charge in [0.2, 0.25) is 0 Å². The molecular formula is C55H34BNO2S. The summed E-state index contributed by atoms with van der Waals surface area (Å²) in [5.74, 6) is 3.53. The standard InChI is InChI=1S/C55H34BNO2S/c1-33-21-27-46-50(29-33)59-52-32-37(31-51-53(52)56(46)45-18-6-8-20-49(45)58-51)34-22-24-35(25-23-34)39-14-9-16-42-43-17-10-15-40(55(43)60-54(39)42)36-26-28-48-44(30-36)41-13-5-7-19-47(41)57(48)38-11-3-2-4-12-38/h2-32H,1H3. The van der Waals surface area contributed by atoms with Crippen LogP contribution in [0, 0.1) is 6.92 Å². The van der Waals surface area contributed by atoms with E-state index in [4.69, 9.17) is 9.47 Å². The van der Waals surface area contributed by atoms with Gasteiger partial charge in [-0.05, 0) is 111 Å². The minimum Gasteiger partial charge on any atom is -0.458 e. The van der Waals surface area contributed by atoms with Crippen LogP contribution in [0.2, 0.25) is 0 Å². The average molecular weight is 784 g/mol. The van der Waals surface area contributed by atoms with Crippen LogP contribution in [0.3, 0.4) is 0 Å². The van der Waals surface area contributed by atoms with Gasteiger partial charge in [0, 0.05) is 42.1 Å². The van der Waals surface area contributed by atoms with Crippen molar-refractivity contribution in [3.63, 3.8) is 0 Å². The number of rotatable bonds is 4. The number of aromatic nitrogens is 1. The van der Waals surface area contributed by atoms with Crippen molar-refractivity contribution in [2.45, 2.75) is 6.92 Å². The van der Waals surface area contributed by atoms with Gasteiger partial charge < -0.3 is 14.0 Å². The zero-order valence-electron chi connectivity index (χ0n) is 32.6. The SMILES string of the molecule is Cc1ccc2c(c1)Oc1cc(-c3ccc(-c4cccc5c4sc4c(-c6ccc7c(c6)c6ccccc6n7-c6ccccc6)cccc45)cc3)cc3c1B2c1ccccc1O3. The number of benzene rings is 9.